The summed E-state index contributed by atoms with van der Waals surface area (Å²) >= 11 is 0. The highest BCUT2D eigenvalue weighted by Crippen LogP contribution is 2.20. The molecular formula is C11H13NO. The summed E-state index contributed by atoms with van der Waals surface area (Å²) in [5, 5.41) is 3.14. The van der Waals surface area contributed by atoms with Crippen LogP contribution in [0.3, 0.4) is 0 Å². The van der Waals surface area contributed by atoms with Crippen LogP contribution in [0.15, 0.2) is 49.2 Å². The van der Waals surface area contributed by atoms with Crippen LogP contribution in [0.1, 0.15) is 6.42 Å². The van der Waals surface area contributed by atoms with Crippen molar-refractivity contribution in [1.29, 1.82) is 0 Å². The number of carbonyl (C=O) groups excluding carboxylic acids is 1. The van der Waals surface area contributed by atoms with E-state index in [-0.39, 0.29) is 5.54 Å². The molecule has 1 atom stereocenters. The lowest BCUT2D eigenvalue weighted by atomic mass is 9.90. The number of hydrogen-bond donors (Lipinski definition) is 1. The predicted octanol–water partition coefficient (Wildman–Crippen LogP) is 1.73. The standard InChI is InChI=1S/C11H13NO/c1-3-11(8-10(2)9-13)6-4-5-7-12-11/h3-7,9,12H,1-2,8H2. The molecule has 1 unspecified atom stereocenters. The van der Waals surface area contributed by atoms with Gasteiger partial charge in [-0.2, -0.15) is 0 Å². The van der Waals surface area contributed by atoms with Crippen LogP contribution in [-0.2, 0) is 4.79 Å². The minimum Gasteiger partial charge on any atom is -0.378 e. The summed E-state index contributed by atoms with van der Waals surface area (Å²) in [5.74, 6) is 0. The number of aldehydes is 1. The second-order valence-corrected chi connectivity index (χ2v) is 3.06. The van der Waals surface area contributed by atoms with Gasteiger partial charge in [0, 0.05) is 6.42 Å². The Bertz CT molecular complexity index is 288. The summed E-state index contributed by atoms with van der Waals surface area (Å²) in [4.78, 5) is 10.4. The summed E-state index contributed by atoms with van der Waals surface area (Å²) < 4.78 is 0. The summed E-state index contributed by atoms with van der Waals surface area (Å²) in [6.45, 7) is 7.39. The fourth-order valence-electron chi connectivity index (χ4n) is 1.26. The molecule has 0 aromatic carbocycles. The molecular weight excluding hydrogens is 162 g/mol. The van der Waals surface area contributed by atoms with E-state index in [0.717, 1.165) is 6.29 Å². The Morgan fingerprint density at radius 3 is 2.77 bits per heavy atom. The molecule has 1 aliphatic rings. The lowest BCUT2D eigenvalue weighted by Crippen LogP contribution is -2.39. The van der Waals surface area contributed by atoms with Crippen molar-refractivity contribution in [3.8, 4) is 0 Å². The molecule has 0 amide bonds. The zero-order valence-electron chi connectivity index (χ0n) is 7.49. The molecule has 2 heteroatoms. The van der Waals surface area contributed by atoms with Crippen molar-refractivity contribution in [3.63, 3.8) is 0 Å². The van der Waals surface area contributed by atoms with Crippen LogP contribution in [0.5, 0.6) is 0 Å². The molecule has 13 heavy (non-hydrogen) atoms. The maximum atomic E-state index is 10.4. The van der Waals surface area contributed by atoms with Gasteiger partial charge in [0.1, 0.15) is 6.29 Å². The Labute approximate surface area is 78.3 Å². The van der Waals surface area contributed by atoms with Crippen LogP contribution >= 0.6 is 0 Å². The minimum absolute atomic E-state index is 0.341. The van der Waals surface area contributed by atoms with E-state index < -0.39 is 0 Å². The van der Waals surface area contributed by atoms with Crippen molar-refractivity contribution >= 4 is 6.29 Å². The summed E-state index contributed by atoms with van der Waals surface area (Å²) in [7, 11) is 0. The van der Waals surface area contributed by atoms with Crippen LogP contribution in [0.2, 0.25) is 0 Å². The normalized spacial score (nSPS) is 24.9. The van der Waals surface area contributed by atoms with E-state index in [0.29, 0.717) is 12.0 Å². The number of allylic oxidation sites excluding steroid dienone is 2. The van der Waals surface area contributed by atoms with Gasteiger partial charge in [-0.1, -0.05) is 24.8 Å². The molecule has 0 aliphatic carbocycles. The van der Waals surface area contributed by atoms with Crippen LogP contribution in [0.4, 0.5) is 0 Å². The number of nitrogens with one attached hydrogen (secondary N) is 1. The molecule has 1 aliphatic heterocycles. The minimum atomic E-state index is -0.341. The van der Waals surface area contributed by atoms with Crippen molar-refractivity contribution < 1.29 is 4.79 Å². The van der Waals surface area contributed by atoms with Crippen molar-refractivity contribution in [3.05, 3.63) is 49.2 Å². The fraction of sp³-hybridized carbons (Fsp3) is 0.182. The summed E-state index contributed by atoms with van der Waals surface area (Å²) in [5.41, 5.74) is 0.222. The van der Waals surface area contributed by atoms with E-state index in [1.165, 1.54) is 0 Å². The highest BCUT2D eigenvalue weighted by atomic mass is 16.1. The van der Waals surface area contributed by atoms with E-state index in [1.54, 1.807) is 6.08 Å². The van der Waals surface area contributed by atoms with E-state index in [4.69, 9.17) is 0 Å². The lowest BCUT2D eigenvalue weighted by molar-refractivity contribution is -0.105. The van der Waals surface area contributed by atoms with Gasteiger partial charge in [0.2, 0.25) is 0 Å². The number of carbonyl (C=O) groups is 1. The van der Waals surface area contributed by atoms with E-state index in [2.05, 4.69) is 18.5 Å². The second kappa shape index (κ2) is 3.90. The smallest absolute Gasteiger partial charge is 0.145 e. The van der Waals surface area contributed by atoms with Gasteiger partial charge in [0.15, 0.2) is 0 Å². The molecule has 0 saturated heterocycles. The number of dihydropyridines is 1. The van der Waals surface area contributed by atoms with Gasteiger partial charge >= 0.3 is 0 Å². The van der Waals surface area contributed by atoms with Crippen LogP contribution in [0, 0.1) is 0 Å². The first-order valence-corrected chi connectivity index (χ1v) is 4.11. The topological polar surface area (TPSA) is 29.1 Å². The van der Waals surface area contributed by atoms with Crippen LogP contribution < -0.4 is 5.32 Å². The second-order valence-electron chi connectivity index (χ2n) is 3.06. The van der Waals surface area contributed by atoms with Gasteiger partial charge < -0.3 is 5.32 Å². The Balaban J connectivity index is 2.76. The van der Waals surface area contributed by atoms with Gasteiger partial charge in [0.25, 0.3) is 0 Å². The molecule has 1 rings (SSSR count). The Hall–Kier alpha value is -1.57. The molecule has 1 heterocycles. The zero-order valence-corrected chi connectivity index (χ0v) is 7.49. The maximum Gasteiger partial charge on any atom is 0.145 e. The fourth-order valence-corrected chi connectivity index (χ4v) is 1.26. The third kappa shape index (κ3) is 2.18. The van der Waals surface area contributed by atoms with Gasteiger partial charge in [-0.05, 0) is 17.8 Å². The Morgan fingerprint density at radius 2 is 2.31 bits per heavy atom. The third-order valence-corrected chi connectivity index (χ3v) is 2.00. The molecule has 0 radical (unpaired) electrons. The van der Waals surface area contributed by atoms with E-state index in [1.807, 2.05) is 24.4 Å². The summed E-state index contributed by atoms with van der Waals surface area (Å²) in [6, 6.07) is 0. The Kier molecular flexibility index (Phi) is 2.85. The quantitative estimate of drug-likeness (QED) is 0.400. The highest BCUT2D eigenvalue weighted by molar-refractivity contribution is 5.72. The number of rotatable bonds is 4. The molecule has 0 spiro atoms. The van der Waals surface area contributed by atoms with Crippen molar-refractivity contribution in [2.45, 2.75) is 12.0 Å². The van der Waals surface area contributed by atoms with Gasteiger partial charge in [-0.15, -0.1) is 6.58 Å². The third-order valence-electron chi connectivity index (χ3n) is 2.00. The van der Waals surface area contributed by atoms with Crippen molar-refractivity contribution in [2.24, 2.45) is 0 Å². The Morgan fingerprint density at radius 1 is 1.54 bits per heavy atom. The highest BCUT2D eigenvalue weighted by Gasteiger charge is 2.23. The average Bonchev–Trinajstić information content (AvgIpc) is 2.19. The van der Waals surface area contributed by atoms with E-state index >= 15 is 0 Å². The average molecular weight is 175 g/mol. The predicted molar refractivity (Wildman–Crippen MR) is 54.2 cm³/mol. The number of hydrogen-bond acceptors (Lipinski definition) is 2. The zero-order chi connectivity index (χ0) is 9.73. The SMILES string of the molecule is C=CC1(CC(=C)C=O)C=CC=CN1. The largest absolute Gasteiger partial charge is 0.378 e. The summed E-state index contributed by atoms with van der Waals surface area (Å²) in [6.07, 6.45) is 10.7. The molecule has 0 fully saturated rings. The molecule has 2 nitrogen and oxygen atoms in total. The lowest BCUT2D eigenvalue weighted by Gasteiger charge is -2.29. The maximum absolute atomic E-state index is 10.4. The van der Waals surface area contributed by atoms with Crippen LogP contribution in [0.25, 0.3) is 0 Å². The molecule has 0 bridgehead atoms. The molecule has 0 saturated carbocycles. The molecule has 0 aromatic heterocycles. The first kappa shape index (κ1) is 9.52. The van der Waals surface area contributed by atoms with Gasteiger partial charge in [0.05, 0.1) is 5.54 Å². The first-order chi connectivity index (χ1) is 6.22. The van der Waals surface area contributed by atoms with Crippen molar-refractivity contribution in [2.75, 3.05) is 0 Å². The monoisotopic (exact) mass is 175 g/mol. The van der Waals surface area contributed by atoms with Gasteiger partial charge in [-0.25, -0.2) is 0 Å². The van der Waals surface area contributed by atoms with Gasteiger partial charge in [-0.3, -0.25) is 4.79 Å². The van der Waals surface area contributed by atoms with Crippen molar-refractivity contribution in [1.82, 2.24) is 5.32 Å². The molecule has 0 aromatic rings. The molecule has 1 N–H and O–H groups in total. The van der Waals surface area contributed by atoms with Crippen LogP contribution in [-0.4, -0.2) is 11.8 Å². The molecule has 68 valence electrons. The van der Waals surface area contributed by atoms with E-state index in [9.17, 15) is 4.79 Å². The first-order valence-electron chi connectivity index (χ1n) is 4.11.